The van der Waals surface area contributed by atoms with Gasteiger partial charge in [-0.1, -0.05) is 15.9 Å². The van der Waals surface area contributed by atoms with Crippen LogP contribution in [0.1, 0.15) is 11.9 Å². The Morgan fingerprint density at radius 3 is 2.62 bits per heavy atom. The third-order valence-corrected chi connectivity index (χ3v) is 2.33. The van der Waals surface area contributed by atoms with Crippen LogP contribution in [0, 0.1) is 5.82 Å². The van der Waals surface area contributed by atoms with E-state index in [0.717, 1.165) is 0 Å². The number of rotatable bonds is 1. The summed E-state index contributed by atoms with van der Waals surface area (Å²) in [6, 6.07) is 4.83. The van der Waals surface area contributed by atoms with E-state index in [-0.39, 0.29) is 5.82 Å². The second-order valence-corrected chi connectivity index (χ2v) is 3.66. The zero-order valence-electron chi connectivity index (χ0n) is 6.80. The van der Waals surface area contributed by atoms with Crippen LogP contribution in [0.5, 0.6) is 0 Å². The molecule has 70 valence electrons. The SMILES string of the molecule is Fc1cc(Br)ccc1C1OCCO1. The number of halogens is 2. The van der Waals surface area contributed by atoms with Crippen molar-refractivity contribution >= 4 is 15.9 Å². The van der Waals surface area contributed by atoms with Crippen LogP contribution in [0.3, 0.4) is 0 Å². The molecule has 0 spiro atoms. The van der Waals surface area contributed by atoms with Gasteiger partial charge < -0.3 is 9.47 Å². The Labute approximate surface area is 83.8 Å². The summed E-state index contributed by atoms with van der Waals surface area (Å²) in [7, 11) is 0. The molecule has 0 radical (unpaired) electrons. The molecule has 0 N–H and O–H groups in total. The van der Waals surface area contributed by atoms with E-state index in [9.17, 15) is 4.39 Å². The first kappa shape index (κ1) is 9.12. The zero-order valence-corrected chi connectivity index (χ0v) is 8.38. The van der Waals surface area contributed by atoms with E-state index in [4.69, 9.17) is 9.47 Å². The maximum Gasteiger partial charge on any atom is 0.186 e. The van der Waals surface area contributed by atoms with Crippen LogP contribution >= 0.6 is 15.9 Å². The first-order valence-electron chi connectivity index (χ1n) is 3.95. The summed E-state index contributed by atoms with van der Waals surface area (Å²) in [5.74, 6) is -0.304. The summed E-state index contributed by atoms with van der Waals surface area (Å²) in [6.45, 7) is 1.06. The second kappa shape index (κ2) is 3.74. The van der Waals surface area contributed by atoms with Crippen molar-refractivity contribution in [2.45, 2.75) is 6.29 Å². The lowest BCUT2D eigenvalue weighted by molar-refractivity contribution is -0.0464. The molecule has 1 aliphatic rings. The fourth-order valence-electron chi connectivity index (χ4n) is 1.23. The van der Waals surface area contributed by atoms with Crippen molar-refractivity contribution in [2.75, 3.05) is 13.2 Å². The topological polar surface area (TPSA) is 18.5 Å². The van der Waals surface area contributed by atoms with Gasteiger partial charge in [0.1, 0.15) is 5.82 Å². The molecule has 4 heteroatoms. The van der Waals surface area contributed by atoms with Crippen LogP contribution in [0.2, 0.25) is 0 Å². The van der Waals surface area contributed by atoms with Crippen molar-refractivity contribution in [1.82, 2.24) is 0 Å². The van der Waals surface area contributed by atoms with Crippen LogP contribution in [0.4, 0.5) is 4.39 Å². The highest BCUT2D eigenvalue weighted by Crippen LogP contribution is 2.27. The van der Waals surface area contributed by atoms with Gasteiger partial charge in [-0.2, -0.15) is 0 Å². The minimum Gasteiger partial charge on any atom is -0.346 e. The lowest BCUT2D eigenvalue weighted by Crippen LogP contribution is -2.00. The van der Waals surface area contributed by atoms with Crippen LogP contribution < -0.4 is 0 Å². The van der Waals surface area contributed by atoms with E-state index in [2.05, 4.69) is 15.9 Å². The molecule has 0 unspecified atom stereocenters. The van der Waals surface area contributed by atoms with Crippen LogP contribution in [0.25, 0.3) is 0 Å². The van der Waals surface area contributed by atoms with Gasteiger partial charge in [-0.25, -0.2) is 4.39 Å². The molecule has 2 rings (SSSR count). The third kappa shape index (κ3) is 1.90. The van der Waals surface area contributed by atoms with E-state index in [1.165, 1.54) is 6.07 Å². The van der Waals surface area contributed by atoms with E-state index < -0.39 is 6.29 Å². The molecule has 0 bridgehead atoms. The Hall–Kier alpha value is -0.450. The second-order valence-electron chi connectivity index (χ2n) is 2.74. The molecule has 0 aliphatic carbocycles. The summed E-state index contributed by atoms with van der Waals surface area (Å²) in [5.41, 5.74) is 0.459. The van der Waals surface area contributed by atoms with Crippen molar-refractivity contribution in [3.8, 4) is 0 Å². The van der Waals surface area contributed by atoms with Crippen LogP contribution in [0.15, 0.2) is 22.7 Å². The number of benzene rings is 1. The summed E-state index contributed by atoms with van der Waals surface area (Å²) < 4.78 is 24.4. The smallest absolute Gasteiger partial charge is 0.186 e. The van der Waals surface area contributed by atoms with Gasteiger partial charge in [0.25, 0.3) is 0 Å². The molecule has 0 saturated carbocycles. The molecule has 1 saturated heterocycles. The fraction of sp³-hybridized carbons (Fsp3) is 0.333. The average Bonchev–Trinajstić information content (AvgIpc) is 2.56. The first-order valence-corrected chi connectivity index (χ1v) is 4.75. The Balaban J connectivity index is 2.29. The minimum absolute atomic E-state index is 0.304. The van der Waals surface area contributed by atoms with Gasteiger partial charge >= 0.3 is 0 Å². The molecule has 1 aromatic carbocycles. The maximum atomic E-state index is 13.3. The van der Waals surface area contributed by atoms with Crippen molar-refractivity contribution in [2.24, 2.45) is 0 Å². The zero-order chi connectivity index (χ0) is 9.26. The Kier molecular flexibility index (Phi) is 2.62. The summed E-state index contributed by atoms with van der Waals surface area (Å²) in [4.78, 5) is 0. The lowest BCUT2D eigenvalue weighted by Gasteiger charge is -2.09. The van der Waals surface area contributed by atoms with E-state index >= 15 is 0 Å². The van der Waals surface area contributed by atoms with Gasteiger partial charge in [0, 0.05) is 10.0 Å². The quantitative estimate of drug-likeness (QED) is 0.759. The van der Waals surface area contributed by atoms with Gasteiger partial charge in [0.05, 0.1) is 13.2 Å². The predicted molar refractivity (Wildman–Crippen MR) is 48.7 cm³/mol. The molecule has 1 fully saturated rings. The number of hydrogen-bond donors (Lipinski definition) is 0. The van der Waals surface area contributed by atoms with E-state index in [0.29, 0.717) is 23.2 Å². The largest absolute Gasteiger partial charge is 0.346 e. The molecule has 1 heterocycles. The molecule has 13 heavy (non-hydrogen) atoms. The maximum absolute atomic E-state index is 13.3. The van der Waals surface area contributed by atoms with E-state index in [1.807, 2.05) is 0 Å². The third-order valence-electron chi connectivity index (χ3n) is 1.84. The highest BCUT2D eigenvalue weighted by molar-refractivity contribution is 9.10. The summed E-state index contributed by atoms with van der Waals surface area (Å²) >= 11 is 3.18. The van der Waals surface area contributed by atoms with Gasteiger partial charge in [-0.3, -0.25) is 0 Å². The fourth-order valence-corrected chi connectivity index (χ4v) is 1.56. The average molecular weight is 247 g/mol. The molecule has 1 aromatic rings. The standard InChI is InChI=1S/C9H8BrFO2/c10-6-1-2-7(8(11)5-6)9-12-3-4-13-9/h1-2,5,9H,3-4H2. The van der Waals surface area contributed by atoms with Crippen molar-refractivity contribution in [3.63, 3.8) is 0 Å². The van der Waals surface area contributed by atoms with Crippen molar-refractivity contribution in [1.29, 1.82) is 0 Å². The monoisotopic (exact) mass is 246 g/mol. The molecular weight excluding hydrogens is 239 g/mol. The number of ether oxygens (including phenoxy) is 2. The Morgan fingerprint density at radius 1 is 1.31 bits per heavy atom. The lowest BCUT2D eigenvalue weighted by atomic mass is 10.2. The normalized spacial score (nSPS) is 18.0. The van der Waals surface area contributed by atoms with E-state index in [1.54, 1.807) is 12.1 Å². The molecule has 1 aliphatic heterocycles. The van der Waals surface area contributed by atoms with Gasteiger partial charge in [0.2, 0.25) is 0 Å². The minimum atomic E-state index is -0.534. The highest BCUT2D eigenvalue weighted by Gasteiger charge is 2.21. The molecule has 0 aromatic heterocycles. The van der Waals surface area contributed by atoms with Crippen LogP contribution in [-0.4, -0.2) is 13.2 Å². The molecule has 0 amide bonds. The van der Waals surface area contributed by atoms with Gasteiger partial charge in [0.15, 0.2) is 6.29 Å². The summed E-state index contributed by atoms with van der Waals surface area (Å²) in [6.07, 6.45) is -0.534. The van der Waals surface area contributed by atoms with Gasteiger partial charge in [-0.05, 0) is 18.2 Å². The number of hydrogen-bond acceptors (Lipinski definition) is 2. The van der Waals surface area contributed by atoms with Crippen LogP contribution in [-0.2, 0) is 9.47 Å². The molecule has 2 nitrogen and oxygen atoms in total. The van der Waals surface area contributed by atoms with Crippen molar-refractivity contribution in [3.05, 3.63) is 34.1 Å². The molecular formula is C9H8BrFO2. The van der Waals surface area contributed by atoms with Gasteiger partial charge in [-0.15, -0.1) is 0 Å². The predicted octanol–water partition coefficient (Wildman–Crippen LogP) is 2.63. The van der Waals surface area contributed by atoms with Crippen molar-refractivity contribution < 1.29 is 13.9 Å². The highest BCUT2D eigenvalue weighted by atomic mass is 79.9. The molecule has 0 atom stereocenters. The Bertz CT molecular complexity index is 310. The first-order chi connectivity index (χ1) is 6.27. The Morgan fingerprint density at radius 2 is 2.00 bits per heavy atom. The summed E-state index contributed by atoms with van der Waals surface area (Å²) in [5, 5.41) is 0.